The van der Waals surface area contributed by atoms with Crippen LogP contribution < -0.4 is 0 Å². The number of allylic oxidation sites excluding steroid dienone is 2. The van der Waals surface area contributed by atoms with Crippen LogP contribution in [0.1, 0.15) is 12.8 Å². The zero-order chi connectivity index (χ0) is 5.11. The maximum Gasteiger partial charge on any atom is -0.00636 e. The van der Waals surface area contributed by atoms with Crippen LogP contribution >= 0.6 is 12.6 Å². The Morgan fingerprint density at radius 1 is 1.43 bits per heavy atom. The molecule has 0 aliphatic heterocycles. The van der Waals surface area contributed by atoms with E-state index in [1.807, 2.05) is 0 Å². The summed E-state index contributed by atoms with van der Waals surface area (Å²) >= 11 is 4.18. The van der Waals surface area contributed by atoms with Crippen LogP contribution in [0.4, 0.5) is 0 Å². The molecule has 0 aromatic heterocycles. The summed E-state index contributed by atoms with van der Waals surface area (Å²) < 4.78 is 0. The molecular formula is C6H10S. The third kappa shape index (κ3) is 1.23. The molecule has 0 atom stereocenters. The van der Waals surface area contributed by atoms with Gasteiger partial charge >= 0.3 is 0 Å². The molecule has 0 amide bonds. The van der Waals surface area contributed by atoms with Gasteiger partial charge in [0.25, 0.3) is 0 Å². The largest absolute Gasteiger partial charge is 0.179 e. The molecule has 1 aliphatic rings. The Labute approximate surface area is 50.0 Å². The van der Waals surface area contributed by atoms with E-state index in [4.69, 9.17) is 0 Å². The van der Waals surface area contributed by atoms with E-state index in [9.17, 15) is 0 Å². The van der Waals surface area contributed by atoms with Gasteiger partial charge in [-0.25, -0.2) is 0 Å². The van der Waals surface area contributed by atoms with Gasteiger partial charge in [-0.05, 0) is 24.5 Å². The lowest BCUT2D eigenvalue weighted by molar-refractivity contribution is 0.651. The van der Waals surface area contributed by atoms with Crippen molar-refractivity contribution in [2.45, 2.75) is 12.8 Å². The molecule has 0 radical (unpaired) electrons. The summed E-state index contributed by atoms with van der Waals surface area (Å²) in [4.78, 5) is 0. The summed E-state index contributed by atoms with van der Waals surface area (Å²) in [6.07, 6.45) is 6.98. The fourth-order valence-corrected chi connectivity index (χ4v) is 1.12. The molecule has 1 heteroatoms. The van der Waals surface area contributed by atoms with E-state index in [1.165, 1.54) is 12.8 Å². The average molecular weight is 114 g/mol. The van der Waals surface area contributed by atoms with Crippen LogP contribution in [-0.2, 0) is 0 Å². The predicted octanol–water partition coefficient (Wildman–Crippen LogP) is 1.88. The van der Waals surface area contributed by atoms with Gasteiger partial charge in [0.05, 0.1) is 0 Å². The van der Waals surface area contributed by atoms with Gasteiger partial charge in [0.15, 0.2) is 0 Å². The fourth-order valence-electron chi connectivity index (χ4n) is 0.823. The Bertz CT molecular complexity index is 68.2. The van der Waals surface area contributed by atoms with Crippen molar-refractivity contribution in [3.05, 3.63) is 12.2 Å². The zero-order valence-electron chi connectivity index (χ0n) is 4.30. The molecule has 0 heterocycles. The highest BCUT2D eigenvalue weighted by atomic mass is 32.1. The maximum absolute atomic E-state index is 4.18. The lowest BCUT2D eigenvalue weighted by atomic mass is 10.1. The Kier molecular flexibility index (Phi) is 1.80. The first-order valence-corrected chi connectivity index (χ1v) is 3.32. The molecule has 0 aromatic carbocycles. The highest BCUT2D eigenvalue weighted by Gasteiger charge is 2.05. The number of rotatable bonds is 1. The van der Waals surface area contributed by atoms with Gasteiger partial charge in [0, 0.05) is 0 Å². The molecule has 40 valence electrons. The summed E-state index contributed by atoms with van der Waals surface area (Å²) in [6.45, 7) is 0. The molecule has 0 nitrogen and oxygen atoms in total. The quantitative estimate of drug-likeness (QED) is 0.390. The van der Waals surface area contributed by atoms with Crippen molar-refractivity contribution < 1.29 is 0 Å². The summed E-state index contributed by atoms with van der Waals surface area (Å²) in [5.41, 5.74) is 0. The van der Waals surface area contributed by atoms with E-state index in [0.717, 1.165) is 11.7 Å². The van der Waals surface area contributed by atoms with Crippen LogP contribution in [0.25, 0.3) is 0 Å². The molecule has 0 aromatic rings. The molecule has 0 unspecified atom stereocenters. The molecule has 0 spiro atoms. The van der Waals surface area contributed by atoms with Gasteiger partial charge in [-0.15, -0.1) is 0 Å². The lowest BCUT2D eigenvalue weighted by Gasteiger charge is -1.99. The molecule has 1 rings (SSSR count). The second-order valence-corrected chi connectivity index (χ2v) is 2.36. The SMILES string of the molecule is SCC1CC=CC1. The van der Waals surface area contributed by atoms with Crippen molar-refractivity contribution in [3.63, 3.8) is 0 Å². The highest BCUT2D eigenvalue weighted by Crippen LogP contribution is 2.17. The number of hydrogen-bond donors (Lipinski definition) is 1. The van der Waals surface area contributed by atoms with Gasteiger partial charge in [-0.2, -0.15) is 12.6 Å². The number of hydrogen-bond acceptors (Lipinski definition) is 1. The molecule has 0 saturated carbocycles. The summed E-state index contributed by atoms with van der Waals surface area (Å²) in [7, 11) is 0. The van der Waals surface area contributed by atoms with Crippen molar-refractivity contribution in [2.24, 2.45) is 5.92 Å². The summed E-state index contributed by atoms with van der Waals surface area (Å²) in [5, 5.41) is 0. The fraction of sp³-hybridized carbons (Fsp3) is 0.667. The van der Waals surface area contributed by atoms with Crippen LogP contribution in [-0.4, -0.2) is 5.75 Å². The van der Waals surface area contributed by atoms with Crippen molar-refractivity contribution in [1.82, 2.24) is 0 Å². The van der Waals surface area contributed by atoms with Crippen LogP contribution in [0.3, 0.4) is 0 Å². The normalized spacial score (nSPS) is 21.3. The number of thiol groups is 1. The van der Waals surface area contributed by atoms with Gasteiger partial charge in [-0.3, -0.25) is 0 Å². The zero-order valence-corrected chi connectivity index (χ0v) is 5.20. The Morgan fingerprint density at radius 2 is 2.00 bits per heavy atom. The van der Waals surface area contributed by atoms with Crippen molar-refractivity contribution in [1.29, 1.82) is 0 Å². The van der Waals surface area contributed by atoms with E-state index < -0.39 is 0 Å². The Balaban J connectivity index is 2.22. The van der Waals surface area contributed by atoms with Crippen molar-refractivity contribution in [2.75, 3.05) is 5.75 Å². The Morgan fingerprint density at radius 3 is 2.29 bits per heavy atom. The smallest absolute Gasteiger partial charge is 0.00636 e. The Hall–Kier alpha value is 0.0900. The van der Waals surface area contributed by atoms with E-state index in [0.29, 0.717) is 0 Å². The van der Waals surface area contributed by atoms with E-state index in [2.05, 4.69) is 24.8 Å². The molecular weight excluding hydrogens is 104 g/mol. The minimum atomic E-state index is 0.850. The predicted molar refractivity (Wildman–Crippen MR) is 35.7 cm³/mol. The van der Waals surface area contributed by atoms with Crippen molar-refractivity contribution in [3.8, 4) is 0 Å². The third-order valence-electron chi connectivity index (χ3n) is 1.36. The first-order chi connectivity index (χ1) is 3.43. The average Bonchev–Trinajstić information content (AvgIpc) is 2.14. The minimum absolute atomic E-state index is 0.850. The molecule has 7 heavy (non-hydrogen) atoms. The van der Waals surface area contributed by atoms with E-state index in [-0.39, 0.29) is 0 Å². The van der Waals surface area contributed by atoms with Crippen LogP contribution in [0.15, 0.2) is 12.2 Å². The standard InChI is InChI=1S/C6H10S/c7-5-6-3-1-2-4-6/h1-2,6-7H,3-5H2. The molecule has 0 N–H and O–H groups in total. The van der Waals surface area contributed by atoms with Gasteiger partial charge in [-0.1, -0.05) is 12.2 Å². The first kappa shape index (κ1) is 5.23. The molecule has 1 aliphatic carbocycles. The van der Waals surface area contributed by atoms with Gasteiger partial charge in [0.1, 0.15) is 0 Å². The van der Waals surface area contributed by atoms with Gasteiger partial charge in [0.2, 0.25) is 0 Å². The maximum atomic E-state index is 4.18. The summed E-state index contributed by atoms with van der Waals surface area (Å²) in [6, 6.07) is 0. The monoisotopic (exact) mass is 114 g/mol. The van der Waals surface area contributed by atoms with Crippen LogP contribution in [0.2, 0.25) is 0 Å². The van der Waals surface area contributed by atoms with E-state index in [1.54, 1.807) is 0 Å². The van der Waals surface area contributed by atoms with Gasteiger partial charge < -0.3 is 0 Å². The van der Waals surface area contributed by atoms with Crippen molar-refractivity contribution >= 4 is 12.6 Å². The highest BCUT2D eigenvalue weighted by molar-refractivity contribution is 7.80. The second-order valence-electron chi connectivity index (χ2n) is 1.99. The third-order valence-corrected chi connectivity index (χ3v) is 1.88. The topological polar surface area (TPSA) is 0 Å². The lowest BCUT2D eigenvalue weighted by Crippen LogP contribution is -1.92. The molecule has 0 bridgehead atoms. The second kappa shape index (κ2) is 2.41. The van der Waals surface area contributed by atoms with Crippen LogP contribution in [0, 0.1) is 5.92 Å². The van der Waals surface area contributed by atoms with E-state index >= 15 is 0 Å². The summed E-state index contributed by atoms with van der Waals surface area (Å²) in [5.74, 6) is 1.90. The molecule has 0 saturated heterocycles. The first-order valence-electron chi connectivity index (χ1n) is 2.69. The molecule has 0 fully saturated rings. The minimum Gasteiger partial charge on any atom is -0.179 e. The van der Waals surface area contributed by atoms with Crippen LogP contribution in [0.5, 0.6) is 0 Å².